The minimum atomic E-state index is -0.287. The molecule has 0 radical (unpaired) electrons. The van der Waals surface area contributed by atoms with Gasteiger partial charge in [0.25, 0.3) is 0 Å². The van der Waals surface area contributed by atoms with E-state index in [9.17, 15) is 9.18 Å². The molecular formula is C16H15BrFNOS. The highest BCUT2D eigenvalue weighted by Gasteiger charge is 2.03. The van der Waals surface area contributed by atoms with E-state index in [1.165, 1.54) is 17.0 Å². The maximum atomic E-state index is 12.8. The van der Waals surface area contributed by atoms with Crippen molar-refractivity contribution in [2.24, 2.45) is 0 Å². The summed E-state index contributed by atoms with van der Waals surface area (Å²) < 4.78 is 13.8. The largest absolute Gasteiger partial charge is 0.355 e. The van der Waals surface area contributed by atoms with E-state index in [1.54, 1.807) is 23.9 Å². The zero-order valence-corrected chi connectivity index (χ0v) is 13.7. The van der Waals surface area contributed by atoms with E-state index in [4.69, 9.17) is 0 Å². The van der Waals surface area contributed by atoms with Crippen molar-refractivity contribution in [2.75, 3.05) is 12.3 Å². The Morgan fingerprint density at radius 2 is 1.76 bits per heavy atom. The topological polar surface area (TPSA) is 29.1 Å². The van der Waals surface area contributed by atoms with Crippen LogP contribution < -0.4 is 5.32 Å². The Morgan fingerprint density at radius 3 is 2.43 bits per heavy atom. The first-order chi connectivity index (χ1) is 10.1. The molecule has 1 N–H and O–H groups in total. The molecule has 2 aromatic rings. The van der Waals surface area contributed by atoms with Crippen LogP contribution in [0.4, 0.5) is 4.39 Å². The van der Waals surface area contributed by atoms with E-state index in [0.29, 0.717) is 6.54 Å². The maximum absolute atomic E-state index is 12.8. The molecule has 0 aromatic heterocycles. The summed E-state index contributed by atoms with van der Waals surface area (Å²) in [5.74, 6) is 0.486. The van der Waals surface area contributed by atoms with Crippen molar-refractivity contribution in [3.63, 3.8) is 0 Å². The highest BCUT2D eigenvalue weighted by atomic mass is 79.9. The highest BCUT2D eigenvalue weighted by Crippen LogP contribution is 2.19. The van der Waals surface area contributed by atoms with Crippen LogP contribution in [0, 0.1) is 5.82 Å². The van der Waals surface area contributed by atoms with Crippen molar-refractivity contribution >= 4 is 33.6 Å². The van der Waals surface area contributed by atoms with Crippen molar-refractivity contribution in [3.05, 3.63) is 64.4 Å². The smallest absolute Gasteiger partial charge is 0.224 e. The van der Waals surface area contributed by atoms with Crippen LogP contribution in [-0.4, -0.2) is 18.2 Å². The number of benzene rings is 2. The molecule has 0 spiro atoms. The van der Waals surface area contributed by atoms with E-state index >= 15 is 0 Å². The first-order valence-electron chi connectivity index (χ1n) is 6.53. The van der Waals surface area contributed by atoms with Gasteiger partial charge in [-0.2, -0.15) is 0 Å². The molecule has 1 amide bonds. The maximum Gasteiger partial charge on any atom is 0.224 e. The lowest BCUT2D eigenvalue weighted by molar-refractivity contribution is -0.120. The Kier molecular flexibility index (Phi) is 6.26. The van der Waals surface area contributed by atoms with Crippen LogP contribution in [0.15, 0.2) is 57.9 Å². The molecule has 0 bridgehead atoms. The summed E-state index contributed by atoms with van der Waals surface area (Å²) >= 11 is 5.09. The van der Waals surface area contributed by atoms with Gasteiger partial charge in [-0.05, 0) is 42.0 Å². The van der Waals surface area contributed by atoms with Crippen LogP contribution in [0.3, 0.4) is 0 Å². The first-order valence-corrected chi connectivity index (χ1v) is 8.31. The SMILES string of the molecule is O=C(Cc1ccc(F)cc1)NCCSc1ccc(Br)cc1. The highest BCUT2D eigenvalue weighted by molar-refractivity contribution is 9.10. The molecule has 2 nitrogen and oxygen atoms in total. The second-order valence-electron chi connectivity index (χ2n) is 4.46. The molecule has 0 unspecified atom stereocenters. The number of hydrogen-bond donors (Lipinski definition) is 1. The molecule has 0 saturated carbocycles. The first kappa shape index (κ1) is 16.0. The van der Waals surface area contributed by atoms with Gasteiger partial charge in [-0.1, -0.05) is 28.1 Å². The van der Waals surface area contributed by atoms with Crippen molar-refractivity contribution in [1.29, 1.82) is 0 Å². The van der Waals surface area contributed by atoms with Gasteiger partial charge in [0.15, 0.2) is 0 Å². The van der Waals surface area contributed by atoms with Crippen molar-refractivity contribution in [3.8, 4) is 0 Å². The number of amides is 1. The lowest BCUT2D eigenvalue weighted by Gasteiger charge is -2.05. The second kappa shape index (κ2) is 8.20. The molecule has 0 aliphatic heterocycles. The molecule has 21 heavy (non-hydrogen) atoms. The molecule has 0 saturated heterocycles. The van der Waals surface area contributed by atoms with Gasteiger partial charge in [-0.25, -0.2) is 4.39 Å². The average molecular weight is 368 g/mol. The molecule has 110 valence electrons. The van der Waals surface area contributed by atoms with Gasteiger partial charge in [-0.15, -0.1) is 11.8 Å². The second-order valence-corrected chi connectivity index (χ2v) is 6.54. The third-order valence-electron chi connectivity index (χ3n) is 2.78. The quantitative estimate of drug-likeness (QED) is 0.616. The van der Waals surface area contributed by atoms with Crippen molar-refractivity contribution in [1.82, 2.24) is 5.32 Å². The normalized spacial score (nSPS) is 10.4. The predicted molar refractivity (Wildman–Crippen MR) is 88.0 cm³/mol. The molecule has 0 fully saturated rings. The van der Waals surface area contributed by atoms with E-state index in [0.717, 1.165) is 15.8 Å². The Hall–Kier alpha value is -1.33. The number of carbonyl (C=O) groups excluding carboxylic acids is 1. The van der Waals surface area contributed by atoms with Gasteiger partial charge in [0.1, 0.15) is 5.82 Å². The molecule has 0 aliphatic carbocycles. The molecule has 0 aliphatic rings. The number of hydrogen-bond acceptors (Lipinski definition) is 2. The van der Waals surface area contributed by atoms with Gasteiger partial charge in [0.2, 0.25) is 5.91 Å². The Morgan fingerprint density at radius 1 is 1.10 bits per heavy atom. The molecular weight excluding hydrogens is 353 g/mol. The number of halogens is 2. The van der Waals surface area contributed by atoms with E-state index in [-0.39, 0.29) is 18.1 Å². The summed E-state index contributed by atoms with van der Waals surface area (Å²) in [6.07, 6.45) is 0.281. The lowest BCUT2D eigenvalue weighted by atomic mass is 10.1. The third kappa shape index (κ3) is 5.89. The van der Waals surface area contributed by atoms with Crippen LogP contribution in [0.2, 0.25) is 0 Å². The number of nitrogens with one attached hydrogen (secondary N) is 1. The Bertz CT molecular complexity index is 586. The third-order valence-corrected chi connectivity index (χ3v) is 4.33. The van der Waals surface area contributed by atoms with Gasteiger partial charge in [0.05, 0.1) is 6.42 Å². The summed E-state index contributed by atoms with van der Waals surface area (Å²) in [4.78, 5) is 12.9. The van der Waals surface area contributed by atoms with E-state index < -0.39 is 0 Å². The summed E-state index contributed by atoms with van der Waals surface area (Å²) in [6.45, 7) is 0.612. The van der Waals surface area contributed by atoms with Crippen LogP contribution in [0.5, 0.6) is 0 Å². The van der Waals surface area contributed by atoms with Crippen LogP contribution in [-0.2, 0) is 11.2 Å². The summed E-state index contributed by atoms with van der Waals surface area (Å²) in [6, 6.07) is 14.1. The van der Waals surface area contributed by atoms with Crippen molar-refractivity contribution in [2.45, 2.75) is 11.3 Å². The lowest BCUT2D eigenvalue weighted by Crippen LogP contribution is -2.27. The molecule has 5 heteroatoms. The summed E-state index contributed by atoms with van der Waals surface area (Å²) in [5, 5.41) is 2.86. The van der Waals surface area contributed by atoms with Crippen LogP contribution in [0.1, 0.15) is 5.56 Å². The van der Waals surface area contributed by atoms with Crippen molar-refractivity contribution < 1.29 is 9.18 Å². The molecule has 2 rings (SSSR count). The number of rotatable bonds is 6. The minimum absolute atomic E-state index is 0.0435. The number of carbonyl (C=O) groups is 1. The minimum Gasteiger partial charge on any atom is -0.355 e. The zero-order chi connectivity index (χ0) is 15.1. The number of thioether (sulfide) groups is 1. The predicted octanol–water partition coefficient (Wildman–Crippen LogP) is 4.04. The monoisotopic (exact) mass is 367 g/mol. The summed E-state index contributed by atoms with van der Waals surface area (Å²) in [5.41, 5.74) is 0.814. The summed E-state index contributed by atoms with van der Waals surface area (Å²) in [7, 11) is 0. The fourth-order valence-electron chi connectivity index (χ4n) is 1.74. The zero-order valence-electron chi connectivity index (χ0n) is 11.3. The fraction of sp³-hybridized carbons (Fsp3) is 0.188. The Labute approximate surface area is 136 Å². The Balaban J connectivity index is 1.67. The standard InChI is InChI=1S/C16H15BrFNOS/c17-13-3-7-15(8-4-13)21-10-9-19-16(20)11-12-1-5-14(18)6-2-12/h1-8H,9-11H2,(H,19,20). The van der Waals surface area contributed by atoms with Gasteiger partial charge >= 0.3 is 0 Å². The molecule has 0 atom stereocenters. The van der Waals surface area contributed by atoms with Gasteiger partial charge < -0.3 is 5.32 Å². The van der Waals surface area contributed by atoms with E-state index in [2.05, 4.69) is 21.2 Å². The van der Waals surface area contributed by atoms with Gasteiger partial charge in [-0.3, -0.25) is 4.79 Å². The van der Waals surface area contributed by atoms with Gasteiger partial charge in [0, 0.05) is 21.7 Å². The fourth-order valence-corrected chi connectivity index (χ4v) is 2.77. The average Bonchev–Trinajstić information content (AvgIpc) is 2.48. The van der Waals surface area contributed by atoms with Crippen LogP contribution in [0.25, 0.3) is 0 Å². The van der Waals surface area contributed by atoms with E-state index in [1.807, 2.05) is 24.3 Å². The molecule has 0 heterocycles. The van der Waals surface area contributed by atoms with Crippen LogP contribution >= 0.6 is 27.7 Å². The molecule has 2 aromatic carbocycles.